The van der Waals surface area contributed by atoms with E-state index in [0.29, 0.717) is 5.56 Å². The number of ketones is 1. The SMILES string of the molecule is CC(C)C[C@@H](C(=O)N[C@@H]1C(=O)CO[C@H]1C)S(=O)(=O)Cc1ccc(C(C)(C)C)cc1. The average Bonchev–Trinajstić information content (AvgIpc) is 2.90. The first kappa shape index (κ1) is 23.5. The van der Waals surface area contributed by atoms with E-state index in [-0.39, 0.29) is 35.9 Å². The molecular formula is C22H33NO5S. The van der Waals surface area contributed by atoms with Gasteiger partial charge in [-0.25, -0.2) is 8.42 Å². The molecule has 1 aromatic carbocycles. The number of carbonyl (C=O) groups excluding carboxylic acids is 2. The first-order valence-corrected chi connectivity index (χ1v) is 11.8. The van der Waals surface area contributed by atoms with E-state index in [9.17, 15) is 18.0 Å². The summed E-state index contributed by atoms with van der Waals surface area (Å²) in [6.45, 7) is 11.7. The molecule has 29 heavy (non-hydrogen) atoms. The van der Waals surface area contributed by atoms with Gasteiger partial charge in [0.05, 0.1) is 11.9 Å². The van der Waals surface area contributed by atoms with Crippen LogP contribution in [0.5, 0.6) is 0 Å². The Morgan fingerprint density at radius 2 is 1.79 bits per heavy atom. The van der Waals surface area contributed by atoms with Gasteiger partial charge in [0.15, 0.2) is 15.6 Å². The minimum Gasteiger partial charge on any atom is -0.368 e. The first-order valence-electron chi connectivity index (χ1n) is 10.1. The van der Waals surface area contributed by atoms with Crippen molar-refractivity contribution in [2.24, 2.45) is 5.92 Å². The maximum atomic E-state index is 13.1. The largest absolute Gasteiger partial charge is 0.368 e. The zero-order valence-electron chi connectivity index (χ0n) is 18.2. The topological polar surface area (TPSA) is 89.5 Å². The quantitative estimate of drug-likeness (QED) is 0.728. The summed E-state index contributed by atoms with van der Waals surface area (Å²) in [5.74, 6) is -1.06. The van der Waals surface area contributed by atoms with Gasteiger partial charge in [-0.2, -0.15) is 0 Å². The third-order valence-electron chi connectivity index (χ3n) is 5.20. The number of amides is 1. The van der Waals surface area contributed by atoms with Crippen LogP contribution in [-0.2, 0) is 35.3 Å². The van der Waals surface area contributed by atoms with Crippen molar-refractivity contribution in [3.63, 3.8) is 0 Å². The van der Waals surface area contributed by atoms with Crippen LogP contribution in [0, 0.1) is 5.92 Å². The highest BCUT2D eigenvalue weighted by Gasteiger charge is 2.39. The van der Waals surface area contributed by atoms with Crippen LogP contribution < -0.4 is 5.32 Å². The van der Waals surface area contributed by atoms with E-state index < -0.39 is 33.1 Å². The van der Waals surface area contributed by atoms with Gasteiger partial charge in [-0.3, -0.25) is 9.59 Å². The lowest BCUT2D eigenvalue weighted by atomic mass is 9.87. The predicted octanol–water partition coefficient (Wildman–Crippen LogP) is 2.79. The molecule has 1 aliphatic rings. The maximum absolute atomic E-state index is 13.1. The van der Waals surface area contributed by atoms with Gasteiger partial charge in [-0.05, 0) is 35.8 Å². The van der Waals surface area contributed by atoms with E-state index in [1.165, 1.54) is 0 Å². The Morgan fingerprint density at radius 1 is 1.21 bits per heavy atom. The van der Waals surface area contributed by atoms with Crippen LogP contribution >= 0.6 is 0 Å². The molecule has 1 heterocycles. The summed E-state index contributed by atoms with van der Waals surface area (Å²) in [7, 11) is -3.76. The molecule has 7 heteroatoms. The van der Waals surface area contributed by atoms with Crippen molar-refractivity contribution in [2.45, 2.75) is 76.5 Å². The van der Waals surface area contributed by atoms with Crippen LogP contribution in [0.4, 0.5) is 0 Å². The number of nitrogens with one attached hydrogen (secondary N) is 1. The van der Waals surface area contributed by atoms with Crippen LogP contribution in [0.1, 0.15) is 59.1 Å². The van der Waals surface area contributed by atoms with Crippen LogP contribution in [0.2, 0.25) is 0 Å². The Kier molecular flexibility index (Phi) is 7.28. The number of rotatable bonds is 7. The molecule has 1 aliphatic heterocycles. The number of Topliss-reactive ketones (excluding diaryl/α,β-unsaturated/α-hetero) is 1. The van der Waals surface area contributed by atoms with Gasteiger partial charge in [0.25, 0.3) is 0 Å². The lowest BCUT2D eigenvalue weighted by Gasteiger charge is -2.23. The maximum Gasteiger partial charge on any atom is 0.239 e. The zero-order chi connectivity index (χ0) is 22.0. The Bertz CT molecular complexity index is 837. The van der Waals surface area contributed by atoms with E-state index in [4.69, 9.17) is 4.74 Å². The van der Waals surface area contributed by atoms with Gasteiger partial charge < -0.3 is 10.1 Å². The fourth-order valence-corrected chi connectivity index (χ4v) is 5.31. The van der Waals surface area contributed by atoms with Gasteiger partial charge in [0, 0.05) is 0 Å². The highest BCUT2D eigenvalue weighted by atomic mass is 32.2. The summed E-state index contributed by atoms with van der Waals surface area (Å²) in [5, 5.41) is 1.41. The third kappa shape index (κ3) is 6.12. The smallest absolute Gasteiger partial charge is 0.239 e. The molecule has 0 spiro atoms. The standard InChI is InChI=1S/C22H33NO5S/c1-14(2)11-19(21(25)23-20-15(3)28-12-18(20)24)29(26,27)13-16-7-9-17(10-8-16)22(4,5)6/h7-10,14-15,19-20H,11-13H2,1-6H3,(H,23,25)/t15-,19-,20-/m0/s1. The van der Waals surface area contributed by atoms with Crippen molar-refractivity contribution in [1.29, 1.82) is 0 Å². The summed E-state index contributed by atoms with van der Waals surface area (Å²) >= 11 is 0. The summed E-state index contributed by atoms with van der Waals surface area (Å²) in [6, 6.07) is 6.67. The molecule has 0 radical (unpaired) electrons. The Balaban J connectivity index is 2.21. The predicted molar refractivity (Wildman–Crippen MR) is 113 cm³/mol. The lowest BCUT2D eigenvalue weighted by Crippen LogP contribution is -2.50. The Morgan fingerprint density at radius 3 is 2.24 bits per heavy atom. The fourth-order valence-electron chi connectivity index (χ4n) is 3.38. The Labute approximate surface area is 174 Å². The van der Waals surface area contributed by atoms with E-state index in [2.05, 4.69) is 26.1 Å². The molecular weight excluding hydrogens is 390 g/mol. The summed E-state index contributed by atoms with van der Waals surface area (Å²) in [5.41, 5.74) is 1.74. The zero-order valence-corrected chi connectivity index (χ0v) is 19.0. The van der Waals surface area contributed by atoms with E-state index >= 15 is 0 Å². The van der Waals surface area contributed by atoms with Crippen LogP contribution in [0.15, 0.2) is 24.3 Å². The summed E-state index contributed by atoms with van der Waals surface area (Å²) in [4.78, 5) is 24.8. The summed E-state index contributed by atoms with van der Waals surface area (Å²) < 4.78 is 31.5. The van der Waals surface area contributed by atoms with Crippen molar-refractivity contribution in [3.05, 3.63) is 35.4 Å². The van der Waals surface area contributed by atoms with Crippen LogP contribution in [0.25, 0.3) is 0 Å². The van der Waals surface area contributed by atoms with E-state index in [1.54, 1.807) is 19.1 Å². The number of hydrogen-bond donors (Lipinski definition) is 1. The van der Waals surface area contributed by atoms with Gasteiger partial charge in [-0.15, -0.1) is 0 Å². The Hall–Kier alpha value is -1.73. The van der Waals surface area contributed by atoms with Crippen LogP contribution in [-0.4, -0.2) is 44.1 Å². The lowest BCUT2D eigenvalue weighted by molar-refractivity contribution is -0.126. The number of ether oxygens (including phenoxy) is 1. The first-order chi connectivity index (χ1) is 13.3. The van der Waals surface area contributed by atoms with Crippen LogP contribution in [0.3, 0.4) is 0 Å². The number of hydrogen-bond acceptors (Lipinski definition) is 5. The fraction of sp³-hybridized carbons (Fsp3) is 0.636. The average molecular weight is 424 g/mol. The van der Waals surface area contributed by atoms with Gasteiger partial charge in [0.2, 0.25) is 5.91 Å². The molecule has 0 aromatic heterocycles. The van der Waals surface area contributed by atoms with Crippen molar-refractivity contribution < 1.29 is 22.7 Å². The highest BCUT2D eigenvalue weighted by molar-refractivity contribution is 7.92. The van der Waals surface area contributed by atoms with E-state index in [1.807, 2.05) is 26.0 Å². The molecule has 0 aliphatic carbocycles. The minimum absolute atomic E-state index is 0.0109. The molecule has 2 rings (SSSR count). The third-order valence-corrected chi connectivity index (χ3v) is 7.21. The molecule has 1 fully saturated rings. The number of carbonyl (C=O) groups is 2. The molecule has 162 valence electrons. The number of benzene rings is 1. The second-order valence-corrected chi connectivity index (χ2v) is 11.5. The molecule has 3 atom stereocenters. The second kappa shape index (κ2) is 8.96. The highest BCUT2D eigenvalue weighted by Crippen LogP contribution is 2.24. The molecule has 1 N–H and O–H groups in total. The number of sulfone groups is 1. The van der Waals surface area contributed by atoms with Crippen molar-refractivity contribution in [3.8, 4) is 0 Å². The van der Waals surface area contributed by atoms with Crippen molar-refractivity contribution in [1.82, 2.24) is 5.32 Å². The molecule has 0 unspecified atom stereocenters. The summed E-state index contributed by atoms with van der Waals surface area (Å²) in [6.07, 6.45) is -0.261. The normalized spacial score (nSPS) is 21.4. The molecule has 1 amide bonds. The molecule has 1 saturated heterocycles. The molecule has 6 nitrogen and oxygen atoms in total. The van der Waals surface area contributed by atoms with Crippen molar-refractivity contribution >= 4 is 21.5 Å². The van der Waals surface area contributed by atoms with Crippen molar-refractivity contribution in [2.75, 3.05) is 6.61 Å². The minimum atomic E-state index is -3.76. The molecule has 0 bridgehead atoms. The van der Waals surface area contributed by atoms with E-state index in [0.717, 1.165) is 5.56 Å². The molecule has 1 aromatic rings. The second-order valence-electron chi connectivity index (χ2n) is 9.34. The van der Waals surface area contributed by atoms with Gasteiger partial charge >= 0.3 is 0 Å². The van der Waals surface area contributed by atoms with Gasteiger partial charge in [0.1, 0.15) is 17.9 Å². The molecule has 0 saturated carbocycles. The van der Waals surface area contributed by atoms with Gasteiger partial charge in [-0.1, -0.05) is 58.9 Å². The monoisotopic (exact) mass is 423 g/mol.